The Bertz CT molecular complexity index is 559. The summed E-state index contributed by atoms with van der Waals surface area (Å²) < 4.78 is 2.04. The fourth-order valence-corrected chi connectivity index (χ4v) is 1.96. The van der Waals surface area contributed by atoms with Crippen molar-refractivity contribution in [2.24, 2.45) is 4.99 Å². The molecule has 0 aliphatic carbocycles. The Hall–Kier alpha value is -2.10. The van der Waals surface area contributed by atoms with Crippen LogP contribution in [0, 0.1) is 6.92 Å². The van der Waals surface area contributed by atoms with Gasteiger partial charge < -0.3 is 9.67 Å². The number of nitrogens with zero attached hydrogens (tertiary/aromatic N) is 3. The van der Waals surface area contributed by atoms with Gasteiger partial charge in [0.15, 0.2) is 0 Å². The summed E-state index contributed by atoms with van der Waals surface area (Å²) in [5, 5.41) is 9.98. The third kappa shape index (κ3) is 3.44. The average Bonchev–Trinajstić information content (AvgIpc) is 2.91. The molecule has 0 bridgehead atoms. The van der Waals surface area contributed by atoms with Gasteiger partial charge >= 0.3 is 0 Å². The van der Waals surface area contributed by atoms with Crippen LogP contribution in [-0.4, -0.2) is 26.9 Å². The van der Waals surface area contributed by atoms with Crippen LogP contribution in [-0.2, 0) is 6.54 Å². The van der Waals surface area contributed by atoms with Crippen LogP contribution in [0.1, 0.15) is 24.5 Å². The number of para-hydroxylation sites is 1. The third-order valence-electron chi connectivity index (χ3n) is 3.11. The highest BCUT2D eigenvalue weighted by atomic mass is 16.3. The standard InChI is InChI=1S/C15H19N3O/c1-12-5-3-6-14(15(12)19)13(2)17-7-4-9-18-10-8-16-11-18/h3,5-6,8,10-11,19H,4,7,9H2,1-2H3. The van der Waals surface area contributed by atoms with Crippen LogP contribution in [0.4, 0.5) is 0 Å². The molecule has 0 spiro atoms. The molecule has 0 saturated carbocycles. The maximum Gasteiger partial charge on any atom is 0.127 e. The smallest absolute Gasteiger partial charge is 0.127 e. The van der Waals surface area contributed by atoms with Crippen molar-refractivity contribution in [3.05, 3.63) is 48.0 Å². The zero-order valence-corrected chi connectivity index (χ0v) is 11.4. The Morgan fingerprint density at radius 3 is 3.00 bits per heavy atom. The zero-order chi connectivity index (χ0) is 13.7. The monoisotopic (exact) mass is 257 g/mol. The predicted octanol–water partition coefficient (Wildman–Crippen LogP) is 2.80. The summed E-state index contributed by atoms with van der Waals surface area (Å²) in [7, 11) is 0. The summed E-state index contributed by atoms with van der Waals surface area (Å²) in [4.78, 5) is 8.52. The van der Waals surface area contributed by atoms with Crippen molar-refractivity contribution in [3.63, 3.8) is 0 Å². The van der Waals surface area contributed by atoms with E-state index in [1.807, 2.05) is 49.1 Å². The highest BCUT2D eigenvalue weighted by molar-refractivity contribution is 6.01. The zero-order valence-electron chi connectivity index (χ0n) is 11.4. The molecule has 2 rings (SSSR count). The molecule has 1 heterocycles. The topological polar surface area (TPSA) is 50.4 Å². The van der Waals surface area contributed by atoms with Gasteiger partial charge in [-0.15, -0.1) is 0 Å². The van der Waals surface area contributed by atoms with Crippen LogP contribution in [0.3, 0.4) is 0 Å². The third-order valence-corrected chi connectivity index (χ3v) is 3.11. The largest absolute Gasteiger partial charge is 0.507 e. The number of aromatic hydroxyl groups is 1. The molecule has 100 valence electrons. The Labute approximate surface area is 113 Å². The number of aromatic nitrogens is 2. The van der Waals surface area contributed by atoms with Gasteiger partial charge in [0.05, 0.1) is 6.33 Å². The molecule has 1 aromatic heterocycles. The average molecular weight is 257 g/mol. The van der Waals surface area contributed by atoms with Gasteiger partial charge in [-0.1, -0.05) is 12.1 Å². The minimum Gasteiger partial charge on any atom is -0.507 e. The van der Waals surface area contributed by atoms with Gasteiger partial charge in [0.25, 0.3) is 0 Å². The van der Waals surface area contributed by atoms with Crippen molar-refractivity contribution in [2.75, 3.05) is 6.54 Å². The molecule has 1 N–H and O–H groups in total. The highest BCUT2D eigenvalue weighted by Crippen LogP contribution is 2.22. The van der Waals surface area contributed by atoms with Crippen molar-refractivity contribution >= 4 is 5.71 Å². The number of imidazole rings is 1. The SMILES string of the molecule is CC(=NCCCn1ccnc1)c1cccc(C)c1O. The lowest BCUT2D eigenvalue weighted by Gasteiger charge is -2.07. The van der Waals surface area contributed by atoms with Crippen LogP contribution in [0.15, 0.2) is 41.9 Å². The summed E-state index contributed by atoms with van der Waals surface area (Å²) in [6.45, 7) is 5.49. The van der Waals surface area contributed by atoms with E-state index in [4.69, 9.17) is 0 Å². The first-order valence-electron chi connectivity index (χ1n) is 6.44. The van der Waals surface area contributed by atoms with Crippen molar-refractivity contribution in [1.82, 2.24) is 9.55 Å². The van der Waals surface area contributed by atoms with Crippen molar-refractivity contribution in [3.8, 4) is 5.75 Å². The van der Waals surface area contributed by atoms with Gasteiger partial charge in [0.2, 0.25) is 0 Å². The summed E-state index contributed by atoms with van der Waals surface area (Å²) in [6, 6.07) is 5.73. The molecular weight excluding hydrogens is 238 g/mol. The molecule has 0 saturated heterocycles. The number of aryl methyl sites for hydroxylation is 2. The molecule has 0 amide bonds. The molecule has 0 radical (unpaired) electrons. The second-order valence-electron chi connectivity index (χ2n) is 4.59. The minimum atomic E-state index is 0.332. The van der Waals surface area contributed by atoms with E-state index in [1.54, 1.807) is 6.20 Å². The number of hydrogen-bond acceptors (Lipinski definition) is 3. The number of phenolic OH excluding ortho intramolecular Hbond substituents is 1. The lowest BCUT2D eigenvalue weighted by Crippen LogP contribution is -2.01. The molecule has 0 aliphatic rings. The summed E-state index contributed by atoms with van der Waals surface area (Å²) in [5.41, 5.74) is 2.58. The first-order chi connectivity index (χ1) is 9.18. The molecule has 0 atom stereocenters. The first kappa shape index (κ1) is 13.3. The van der Waals surface area contributed by atoms with Gasteiger partial charge in [-0.2, -0.15) is 0 Å². The lowest BCUT2D eigenvalue weighted by molar-refractivity contribution is 0.470. The maximum atomic E-state index is 9.98. The number of aliphatic imine (C=N–C) groups is 1. The van der Waals surface area contributed by atoms with Crippen molar-refractivity contribution in [2.45, 2.75) is 26.8 Å². The van der Waals surface area contributed by atoms with E-state index in [1.165, 1.54) is 0 Å². The molecule has 19 heavy (non-hydrogen) atoms. The minimum absolute atomic E-state index is 0.332. The number of rotatable bonds is 5. The molecular formula is C15H19N3O. The fourth-order valence-electron chi connectivity index (χ4n) is 1.96. The van der Waals surface area contributed by atoms with E-state index in [9.17, 15) is 5.11 Å². The maximum absolute atomic E-state index is 9.98. The molecule has 0 unspecified atom stereocenters. The lowest BCUT2D eigenvalue weighted by atomic mass is 10.1. The van der Waals surface area contributed by atoms with Crippen LogP contribution in [0.5, 0.6) is 5.75 Å². The number of hydrogen-bond donors (Lipinski definition) is 1. The summed E-state index contributed by atoms with van der Waals surface area (Å²) in [5.74, 6) is 0.332. The number of benzene rings is 1. The van der Waals surface area contributed by atoms with E-state index in [0.717, 1.165) is 36.3 Å². The van der Waals surface area contributed by atoms with Gasteiger partial charge in [0, 0.05) is 36.8 Å². The first-order valence-corrected chi connectivity index (χ1v) is 6.44. The van der Waals surface area contributed by atoms with E-state index in [-0.39, 0.29) is 0 Å². The van der Waals surface area contributed by atoms with Gasteiger partial charge in [-0.25, -0.2) is 4.98 Å². The van der Waals surface area contributed by atoms with E-state index < -0.39 is 0 Å². The van der Waals surface area contributed by atoms with Crippen LogP contribution < -0.4 is 0 Å². The Morgan fingerprint density at radius 2 is 2.26 bits per heavy atom. The van der Waals surface area contributed by atoms with E-state index in [2.05, 4.69) is 9.98 Å². The van der Waals surface area contributed by atoms with Crippen LogP contribution in [0.2, 0.25) is 0 Å². The molecule has 4 nitrogen and oxygen atoms in total. The van der Waals surface area contributed by atoms with Crippen molar-refractivity contribution in [1.29, 1.82) is 0 Å². The Balaban J connectivity index is 1.93. The predicted molar refractivity (Wildman–Crippen MR) is 76.8 cm³/mol. The van der Waals surface area contributed by atoms with Crippen LogP contribution >= 0.6 is 0 Å². The van der Waals surface area contributed by atoms with Gasteiger partial charge in [0.1, 0.15) is 5.75 Å². The molecule has 2 aromatic rings. The van der Waals surface area contributed by atoms with Gasteiger partial charge in [-0.3, -0.25) is 4.99 Å². The molecule has 4 heteroatoms. The molecule has 0 fully saturated rings. The Kier molecular flexibility index (Phi) is 4.34. The Morgan fingerprint density at radius 1 is 1.42 bits per heavy atom. The molecule has 1 aromatic carbocycles. The van der Waals surface area contributed by atoms with Gasteiger partial charge in [-0.05, 0) is 31.9 Å². The fraction of sp³-hybridized carbons (Fsp3) is 0.333. The van der Waals surface area contributed by atoms with E-state index in [0.29, 0.717) is 5.75 Å². The summed E-state index contributed by atoms with van der Waals surface area (Å²) in [6.07, 6.45) is 6.49. The molecule has 0 aliphatic heterocycles. The second kappa shape index (κ2) is 6.18. The quantitative estimate of drug-likeness (QED) is 0.661. The van der Waals surface area contributed by atoms with Crippen molar-refractivity contribution < 1.29 is 5.11 Å². The van der Waals surface area contributed by atoms with E-state index >= 15 is 0 Å². The normalized spacial score (nSPS) is 11.8. The summed E-state index contributed by atoms with van der Waals surface area (Å²) >= 11 is 0. The number of phenols is 1. The second-order valence-corrected chi connectivity index (χ2v) is 4.59. The van der Waals surface area contributed by atoms with Crippen LogP contribution in [0.25, 0.3) is 0 Å². The highest BCUT2D eigenvalue weighted by Gasteiger charge is 2.05.